The van der Waals surface area contributed by atoms with Gasteiger partial charge in [0.2, 0.25) is 5.91 Å². The molecule has 0 aliphatic carbocycles. The van der Waals surface area contributed by atoms with Gasteiger partial charge in [0.1, 0.15) is 24.4 Å². The lowest BCUT2D eigenvalue weighted by Crippen LogP contribution is -2.60. The lowest BCUT2D eigenvalue weighted by molar-refractivity contribution is -0.302. The van der Waals surface area contributed by atoms with E-state index in [1.165, 1.54) is 141 Å². The molecule has 0 saturated carbocycles. The van der Waals surface area contributed by atoms with Crippen LogP contribution in [0.15, 0.2) is 12.2 Å². The van der Waals surface area contributed by atoms with E-state index in [-0.39, 0.29) is 12.5 Å². The lowest BCUT2D eigenvalue weighted by Gasteiger charge is -2.40. The SMILES string of the molecule is CCCCCCCCCCCCCCCCCCCCCCCCCC/C=C/C(O)C(COC1OC(CO)C(O)C(O)C1O)NC(=O)CCC. The summed E-state index contributed by atoms with van der Waals surface area (Å²) >= 11 is 0. The van der Waals surface area contributed by atoms with Crippen LogP contribution in [0.4, 0.5) is 0 Å². The number of aliphatic hydroxyl groups excluding tert-OH is 5. The zero-order valence-electron chi connectivity index (χ0n) is 32.2. The van der Waals surface area contributed by atoms with Crippen LogP contribution in [0.3, 0.4) is 0 Å². The summed E-state index contributed by atoms with van der Waals surface area (Å²) in [5.74, 6) is -0.229. The molecule has 0 bridgehead atoms. The fraction of sp³-hybridized carbons (Fsp3) is 0.927. The summed E-state index contributed by atoms with van der Waals surface area (Å²) in [6.45, 7) is 3.42. The molecule has 1 aliphatic rings. The van der Waals surface area contributed by atoms with Gasteiger partial charge in [-0.05, 0) is 19.3 Å². The summed E-state index contributed by atoms with van der Waals surface area (Å²) in [7, 11) is 0. The van der Waals surface area contributed by atoms with Gasteiger partial charge in [-0.15, -0.1) is 0 Å². The van der Waals surface area contributed by atoms with Gasteiger partial charge in [0, 0.05) is 6.42 Å². The van der Waals surface area contributed by atoms with Crippen LogP contribution in [0, 0.1) is 0 Å². The van der Waals surface area contributed by atoms with Gasteiger partial charge in [-0.3, -0.25) is 4.79 Å². The van der Waals surface area contributed by atoms with E-state index >= 15 is 0 Å². The molecule has 9 heteroatoms. The molecule has 296 valence electrons. The number of unbranched alkanes of at least 4 members (excludes halogenated alkanes) is 24. The van der Waals surface area contributed by atoms with E-state index in [1.54, 1.807) is 6.08 Å². The average Bonchev–Trinajstić information content (AvgIpc) is 3.11. The Morgan fingerprint density at radius 1 is 0.660 bits per heavy atom. The van der Waals surface area contributed by atoms with Crippen molar-refractivity contribution in [2.75, 3.05) is 13.2 Å². The molecule has 7 unspecified atom stereocenters. The fourth-order valence-corrected chi connectivity index (χ4v) is 6.73. The molecule has 1 saturated heterocycles. The van der Waals surface area contributed by atoms with Crippen LogP contribution in [-0.4, -0.2) is 87.5 Å². The van der Waals surface area contributed by atoms with Gasteiger partial charge in [-0.25, -0.2) is 0 Å². The van der Waals surface area contributed by atoms with Crippen molar-refractivity contribution in [2.24, 2.45) is 0 Å². The summed E-state index contributed by atoms with van der Waals surface area (Å²) in [5.41, 5.74) is 0. The molecule has 1 amide bonds. The van der Waals surface area contributed by atoms with Crippen LogP contribution in [0.2, 0.25) is 0 Å². The predicted octanol–water partition coefficient (Wildman–Crippen LogP) is 7.78. The molecule has 0 spiro atoms. The topological polar surface area (TPSA) is 149 Å². The highest BCUT2D eigenvalue weighted by atomic mass is 16.7. The molecule has 6 N–H and O–H groups in total. The largest absolute Gasteiger partial charge is 0.394 e. The zero-order chi connectivity index (χ0) is 36.7. The molecule has 1 heterocycles. The number of allylic oxidation sites excluding steroid dienone is 1. The number of amides is 1. The smallest absolute Gasteiger partial charge is 0.220 e. The van der Waals surface area contributed by atoms with Crippen LogP contribution in [0.5, 0.6) is 0 Å². The highest BCUT2D eigenvalue weighted by Crippen LogP contribution is 2.22. The Morgan fingerprint density at radius 3 is 1.52 bits per heavy atom. The Kier molecular flexibility index (Phi) is 30.6. The van der Waals surface area contributed by atoms with Crippen molar-refractivity contribution >= 4 is 5.91 Å². The predicted molar refractivity (Wildman–Crippen MR) is 203 cm³/mol. The summed E-state index contributed by atoms with van der Waals surface area (Å²) < 4.78 is 11.0. The van der Waals surface area contributed by atoms with Crippen molar-refractivity contribution in [1.82, 2.24) is 5.32 Å². The fourth-order valence-electron chi connectivity index (χ4n) is 6.73. The first-order chi connectivity index (χ1) is 24.3. The molecular weight excluding hydrogens is 634 g/mol. The number of carbonyl (C=O) groups is 1. The second-order valence-corrected chi connectivity index (χ2v) is 14.8. The third-order valence-electron chi connectivity index (χ3n) is 10.1. The zero-order valence-corrected chi connectivity index (χ0v) is 32.2. The van der Waals surface area contributed by atoms with Crippen molar-refractivity contribution in [2.45, 2.75) is 230 Å². The Balaban J connectivity index is 2.05. The Labute approximate surface area is 306 Å². The first-order valence-electron chi connectivity index (χ1n) is 20.9. The minimum atomic E-state index is -1.56. The second-order valence-electron chi connectivity index (χ2n) is 14.8. The summed E-state index contributed by atoms with van der Waals surface area (Å²) in [6.07, 6.45) is 30.1. The van der Waals surface area contributed by atoms with Crippen LogP contribution in [0.1, 0.15) is 187 Å². The Hall–Kier alpha value is -1.07. The van der Waals surface area contributed by atoms with Crippen LogP contribution in [0.25, 0.3) is 0 Å². The number of aliphatic hydroxyl groups is 5. The summed E-state index contributed by atoms with van der Waals surface area (Å²) in [5, 5.41) is 53.2. The number of nitrogens with one attached hydrogen (secondary N) is 1. The van der Waals surface area contributed by atoms with Gasteiger partial charge in [0.15, 0.2) is 6.29 Å². The van der Waals surface area contributed by atoms with Crippen LogP contribution >= 0.6 is 0 Å². The maximum atomic E-state index is 12.3. The molecule has 1 aliphatic heterocycles. The van der Waals surface area contributed by atoms with Gasteiger partial charge in [0.25, 0.3) is 0 Å². The molecule has 1 rings (SSSR count). The standard InChI is InChI=1S/C41H79NO8/c1-3-5-6-7-8-9-10-11-12-13-14-15-16-17-18-19-20-21-22-23-24-25-26-27-28-29-31-35(44)34(42-37(45)30-4-2)33-49-41-40(48)39(47)38(46)36(32-43)50-41/h29,31,34-36,38-41,43-44,46-48H,3-28,30,32-33H2,1-2H3,(H,42,45)/b31-29+. The van der Waals surface area contributed by atoms with Crippen LogP contribution in [-0.2, 0) is 14.3 Å². The van der Waals surface area contributed by atoms with E-state index in [0.29, 0.717) is 12.8 Å². The van der Waals surface area contributed by atoms with Crippen LogP contribution < -0.4 is 5.32 Å². The number of ether oxygens (including phenoxy) is 2. The normalized spacial score (nSPS) is 22.3. The highest BCUT2D eigenvalue weighted by Gasteiger charge is 2.44. The average molecular weight is 714 g/mol. The quantitative estimate of drug-likeness (QED) is 0.0293. The van der Waals surface area contributed by atoms with E-state index in [4.69, 9.17) is 9.47 Å². The molecule has 9 nitrogen and oxygen atoms in total. The first-order valence-corrected chi connectivity index (χ1v) is 20.9. The minimum absolute atomic E-state index is 0.191. The monoisotopic (exact) mass is 714 g/mol. The van der Waals surface area contributed by atoms with Crippen molar-refractivity contribution < 1.29 is 39.8 Å². The third kappa shape index (κ3) is 23.5. The van der Waals surface area contributed by atoms with E-state index in [1.807, 2.05) is 13.0 Å². The van der Waals surface area contributed by atoms with E-state index in [9.17, 15) is 30.3 Å². The van der Waals surface area contributed by atoms with Gasteiger partial charge in [-0.1, -0.05) is 174 Å². The molecule has 0 aromatic carbocycles. The second kappa shape index (κ2) is 32.6. The van der Waals surface area contributed by atoms with Gasteiger partial charge >= 0.3 is 0 Å². The molecule has 0 aromatic rings. The Bertz CT molecular complexity index is 797. The van der Waals surface area contributed by atoms with Gasteiger partial charge < -0.3 is 40.3 Å². The van der Waals surface area contributed by atoms with E-state index < -0.39 is 49.5 Å². The van der Waals surface area contributed by atoms with Crippen molar-refractivity contribution in [3.63, 3.8) is 0 Å². The maximum Gasteiger partial charge on any atom is 0.220 e. The lowest BCUT2D eigenvalue weighted by atomic mass is 9.99. The van der Waals surface area contributed by atoms with Gasteiger partial charge in [0.05, 0.1) is 25.4 Å². The van der Waals surface area contributed by atoms with Crippen molar-refractivity contribution in [3.05, 3.63) is 12.2 Å². The summed E-state index contributed by atoms with van der Waals surface area (Å²) in [4.78, 5) is 12.3. The molecule has 1 fully saturated rings. The highest BCUT2D eigenvalue weighted by molar-refractivity contribution is 5.76. The Morgan fingerprint density at radius 2 is 1.10 bits per heavy atom. The number of hydrogen-bond donors (Lipinski definition) is 6. The summed E-state index contributed by atoms with van der Waals surface area (Å²) in [6, 6.07) is -0.795. The van der Waals surface area contributed by atoms with E-state index in [2.05, 4.69) is 12.2 Å². The van der Waals surface area contributed by atoms with Crippen molar-refractivity contribution in [3.8, 4) is 0 Å². The van der Waals surface area contributed by atoms with E-state index in [0.717, 1.165) is 19.3 Å². The number of rotatable bonds is 34. The minimum Gasteiger partial charge on any atom is -0.394 e. The molecule has 7 atom stereocenters. The first kappa shape index (κ1) is 47.0. The number of carbonyl (C=O) groups excluding carboxylic acids is 1. The van der Waals surface area contributed by atoms with Gasteiger partial charge in [-0.2, -0.15) is 0 Å². The molecule has 0 radical (unpaired) electrons. The third-order valence-corrected chi connectivity index (χ3v) is 10.1. The molecule has 0 aromatic heterocycles. The molecule has 50 heavy (non-hydrogen) atoms. The molecular formula is C41H79NO8. The van der Waals surface area contributed by atoms with Crippen molar-refractivity contribution in [1.29, 1.82) is 0 Å². The maximum absolute atomic E-state index is 12.3. The number of hydrogen-bond acceptors (Lipinski definition) is 8.